The van der Waals surface area contributed by atoms with Gasteiger partial charge in [0, 0.05) is 5.56 Å². The number of rotatable bonds is 4. The van der Waals surface area contributed by atoms with Gasteiger partial charge >= 0.3 is 5.97 Å². The van der Waals surface area contributed by atoms with Crippen LogP contribution in [0.4, 0.5) is 0 Å². The van der Waals surface area contributed by atoms with Gasteiger partial charge in [0.1, 0.15) is 5.75 Å². The zero-order valence-electron chi connectivity index (χ0n) is 9.10. The zero-order valence-corrected chi connectivity index (χ0v) is 9.10. The molecule has 1 atom stereocenters. The molecule has 5 heteroatoms. The van der Waals surface area contributed by atoms with Gasteiger partial charge in [0.05, 0.1) is 14.2 Å². The van der Waals surface area contributed by atoms with E-state index in [9.17, 15) is 9.59 Å². The highest BCUT2D eigenvalue weighted by Gasteiger charge is 2.23. The Balaban J connectivity index is 2.84. The molecule has 1 rings (SSSR count). The molecular formula is C11H13NO4. The number of esters is 1. The highest BCUT2D eigenvalue weighted by molar-refractivity contribution is 6.11. The summed E-state index contributed by atoms with van der Waals surface area (Å²) in [5, 5.41) is 0. The highest BCUT2D eigenvalue weighted by Crippen LogP contribution is 2.12. The molecule has 16 heavy (non-hydrogen) atoms. The molecule has 1 unspecified atom stereocenters. The second-order valence-corrected chi connectivity index (χ2v) is 3.09. The number of benzene rings is 1. The van der Waals surface area contributed by atoms with E-state index in [4.69, 9.17) is 10.5 Å². The molecular weight excluding hydrogens is 210 g/mol. The van der Waals surface area contributed by atoms with Crippen molar-refractivity contribution in [2.75, 3.05) is 14.2 Å². The lowest BCUT2D eigenvalue weighted by Gasteiger charge is -2.08. The van der Waals surface area contributed by atoms with Crippen molar-refractivity contribution in [2.24, 2.45) is 5.73 Å². The molecule has 1 aromatic carbocycles. The van der Waals surface area contributed by atoms with E-state index in [1.54, 1.807) is 24.3 Å². The minimum Gasteiger partial charge on any atom is -0.497 e. The second-order valence-electron chi connectivity index (χ2n) is 3.09. The van der Waals surface area contributed by atoms with Crippen LogP contribution in [0.5, 0.6) is 5.75 Å². The zero-order chi connectivity index (χ0) is 12.1. The molecule has 0 aliphatic carbocycles. The van der Waals surface area contributed by atoms with Crippen molar-refractivity contribution in [1.82, 2.24) is 0 Å². The summed E-state index contributed by atoms with van der Waals surface area (Å²) in [5.74, 6) is -0.599. The van der Waals surface area contributed by atoms with Crippen LogP contribution in [0, 0.1) is 0 Å². The lowest BCUT2D eigenvalue weighted by atomic mass is 10.1. The highest BCUT2D eigenvalue weighted by atomic mass is 16.5. The molecule has 0 saturated carbocycles. The third kappa shape index (κ3) is 2.58. The van der Waals surface area contributed by atoms with E-state index < -0.39 is 17.8 Å². The van der Waals surface area contributed by atoms with Gasteiger partial charge in [-0.2, -0.15) is 0 Å². The summed E-state index contributed by atoms with van der Waals surface area (Å²) in [6, 6.07) is 5.06. The molecule has 0 aliphatic heterocycles. The number of hydrogen-bond acceptors (Lipinski definition) is 5. The van der Waals surface area contributed by atoms with Gasteiger partial charge in [-0.25, -0.2) is 4.79 Å². The first-order valence-corrected chi connectivity index (χ1v) is 4.62. The van der Waals surface area contributed by atoms with Crippen molar-refractivity contribution in [2.45, 2.75) is 6.04 Å². The first kappa shape index (κ1) is 12.2. The van der Waals surface area contributed by atoms with Crippen LogP contribution in [-0.2, 0) is 9.53 Å². The first-order chi connectivity index (χ1) is 7.60. The molecule has 0 bridgehead atoms. The summed E-state index contributed by atoms with van der Waals surface area (Å²) < 4.78 is 9.33. The van der Waals surface area contributed by atoms with Crippen LogP contribution in [0.3, 0.4) is 0 Å². The number of methoxy groups -OCH3 is 2. The van der Waals surface area contributed by atoms with Crippen molar-refractivity contribution < 1.29 is 19.1 Å². The number of hydrogen-bond donors (Lipinski definition) is 1. The van der Waals surface area contributed by atoms with E-state index >= 15 is 0 Å². The number of carbonyl (C=O) groups excluding carboxylic acids is 2. The van der Waals surface area contributed by atoms with E-state index in [0.29, 0.717) is 11.3 Å². The van der Waals surface area contributed by atoms with Crippen LogP contribution in [0.15, 0.2) is 24.3 Å². The average molecular weight is 223 g/mol. The van der Waals surface area contributed by atoms with Gasteiger partial charge in [0.25, 0.3) is 0 Å². The molecule has 0 aliphatic rings. The Morgan fingerprint density at radius 3 is 2.19 bits per heavy atom. The Kier molecular flexibility index (Phi) is 4.02. The summed E-state index contributed by atoms with van der Waals surface area (Å²) in [7, 11) is 2.71. The molecule has 0 amide bonds. The molecule has 0 fully saturated rings. The largest absolute Gasteiger partial charge is 0.497 e. The lowest BCUT2D eigenvalue weighted by molar-refractivity contribution is -0.140. The van der Waals surface area contributed by atoms with Crippen molar-refractivity contribution in [1.29, 1.82) is 0 Å². The van der Waals surface area contributed by atoms with Gasteiger partial charge in [0.2, 0.25) is 0 Å². The summed E-state index contributed by atoms with van der Waals surface area (Å²) in [6.45, 7) is 0. The van der Waals surface area contributed by atoms with Gasteiger partial charge in [-0.15, -0.1) is 0 Å². The second kappa shape index (κ2) is 5.27. The number of ketones is 1. The third-order valence-electron chi connectivity index (χ3n) is 2.11. The monoisotopic (exact) mass is 223 g/mol. The molecule has 0 radical (unpaired) electrons. The summed E-state index contributed by atoms with van der Waals surface area (Å²) in [6.07, 6.45) is 0. The first-order valence-electron chi connectivity index (χ1n) is 4.62. The normalized spacial score (nSPS) is 11.7. The predicted octanol–water partition coefficient (Wildman–Crippen LogP) is 0.378. The number of ether oxygens (including phenoxy) is 2. The maximum Gasteiger partial charge on any atom is 0.330 e. The quantitative estimate of drug-likeness (QED) is 0.453. The summed E-state index contributed by atoms with van der Waals surface area (Å²) in [5.41, 5.74) is 5.76. The summed E-state index contributed by atoms with van der Waals surface area (Å²) in [4.78, 5) is 22.7. The average Bonchev–Trinajstić information content (AvgIpc) is 2.36. The molecule has 1 aromatic rings. The van der Waals surface area contributed by atoms with Crippen LogP contribution < -0.4 is 10.5 Å². The Morgan fingerprint density at radius 1 is 1.19 bits per heavy atom. The van der Waals surface area contributed by atoms with Crippen LogP contribution in [0.25, 0.3) is 0 Å². The Labute approximate surface area is 93.1 Å². The molecule has 0 saturated heterocycles. The third-order valence-corrected chi connectivity index (χ3v) is 2.11. The fourth-order valence-electron chi connectivity index (χ4n) is 1.17. The molecule has 0 spiro atoms. The van der Waals surface area contributed by atoms with Gasteiger partial charge in [-0.3, -0.25) is 4.79 Å². The topological polar surface area (TPSA) is 78.6 Å². The van der Waals surface area contributed by atoms with Crippen LogP contribution >= 0.6 is 0 Å². The van der Waals surface area contributed by atoms with Gasteiger partial charge in [-0.05, 0) is 24.3 Å². The Bertz CT molecular complexity index is 385. The summed E-state index contributed by atoms with van der Waals surface area (Å²) >= 11 is 0. The fourth-order valence-corrected chi connectivity index (χ4v) is 1.17. The minimum absolute atomic E-state index is 0.346. The Hall–Kier alpha value is -1.88. The smallest absolute Gasteiger partial charge is 0.330 e. The standard InChI is InChI=1S/C11H13NO4/c1-15-8-5-3-7(4-6-8)10(13)9(12)11(14)16-2/h3-6,9H,12H2,1-2H3. The van der Waals surface area contributed by atoms with Crippen molar-refractivity contribution in [3.8, 4) is 5.75 Å². The fraction of sp³-hybridized carbons (Fsp3) is 0.273. The minimum atomic E-state index is -1.28. The van der Waals surface area contributed by atoms with Crippen molar-refractivity contribution in [3.63, 3.8) is 0 Å². The van der Waals surface area contributed by atoms with Crippen LogP contribution in [0.2, 0.25) is 0 Å². The molecule has 86 valence electrons. The van der Waals surface area contributed by atoms with E-state index in [-0.39, 0.29) is 0 Å². The molecule has 0 aromatic heterocycles. The van der Waals surface area contributed by atoms with E-state index in [0.717, 1.165) is 0 Å². The molecule has 5 nitrogen and oxygen atoms in total. The van der Waals surface area contributed by atoms with Crippen molar-refractivity contribution in [3.05, 3.63) is 29.8 Å². The van der Waals surface area contributed by atoms with Crippen LogP contribution in [-0.4, -0.2) is 32.0 Å². The van der Waals surface area contributed by atoms with Gasteiger partial charge in [0.15, 0.2) is 11.8 Å². The number of nitrogens with two attached hydrogens (primary N) is 1. The molecule has 2 N–H and O–H groups in total. The van der Waals surface area contributed by atoms with Gasteiger partial charge < -0.3 is 15.2 Å². The lowest BCUT2D eigenvalue weighted by Crippen LogP contribution is -2.39. The van der Waals surface area contributed by atoms with Crippen LogP contribution in [0.1, 0.15) is 10.4 Å². The predicted molar refractivity (Wildman–Crippen MR) is 57.3 cm³/mol. The van der Waals surface area contributed by atoms with Gasteiger partial charge in [-0.1, -0.05) is 0 Å². The van der Waals surface area contributed by atoms with Crippen molar-refractivity contribution >= 4 is 11.8 Å². The van der Waals surface area contributed by atoms with E-state index in [1.165, 1.54) is 14.2 Å². The SMILES string of the molecule is COC(=O)C(N)C(=O)c1ccc(OC)cc1. The Morgan fingerprint density at radius 2 is 1.75 bits per heavy atom. The number of Topliss-reactive ketones (excluding diaryl/α,β-unsaturated/α-hetero) is 1. The maximum absolute atomic E-state index is 11.7. The van der Waals surface area contributed by atoms with E-state index in [2.05, 4.69) is 4.74 Å². The maximum atomic E-state index is 11.7. The number of carbonyl (C=O) groups is 2. The molecule has 0 heterocycles. The van der Waals surface area contributed by atoms with E-state index in [1.807, 2.05) is 0 Å².